The van der Waals surface area contributed by atoms with E-state index >= 15 is 0 Å². The summed E-state index contributed by atoms with van der Waals surface area (Å²) in [5.74, 6) is -2.36. The zero-order valence-corrected chi connectivity index (χ0v) is 10.1. The Morgan fingerprint density at radius 2 is 2.00 bits per heavy atom. The van der Waals surface area contributed by atoms with Crippen molar-refractivity contribution in [3.8, 4) is 0 Å². The normalized spacial score (nSPS) is 11.5. The topological polar surface area (TPSA) is 17.1 Å². The predicted molar refractivity (Wildman–Crippen MR) is 62.4 cm³/mol. The molecule has 0 aromatic heterocycles. The second kappa shape index (κ2) is 5.43. The van der Waals surface area contributed by atoms with Crippen molar-refractivity contribution in [3.05, 3.63) is 29.8 Å². The predicted octanol–water partition coefficient (Wildman–Crippen LogP) is 4.03. The molecule has 0 bridgehead atoms. The summed E-state index contributed by atoms with van der Waals surface area (Å²) in [6.07, 6.45) is -0.177. The molecule has 0 amide bonds. The third kappa shape index (κ3) is 4.31. The largest absolute Gasteiger partial charge is 0.294 e. The molecule has 0 fully saturated rings. The summed E-state index contributed by atoms with van der Waals surface area (Å²) in [5, 5.41) is 0. The molecular weight excluding hydrogens is 230 g/mol. The van der Waals surface area contributed by atoms with Crippen molar-refractivity contribution in [1.29, 1.82) is 0 Å². The second-order valence-corrected chi connectivity index (χ2v) is 4.86. The van der Waals surface area contributed by atoms with Gasteiger partial charge in [-0.25, -0.2) is 8.78 Å². The van der Waals surface area contributed by atoms with E-state index in [0.717, 1.165) is 11.8 Å². The van der Waals surface area contributed by atoms with Gasteiger partial charge in [0.25, 0.3) is 0 Å². The fraction of sp³-hybridized carbons (Fsp3) is 0.417. The number of benzene rings is 1. The standard InChI is InChI=1S/C12H14F2OS/c1-9(15)10-5-3-4-6-11(10)16-8-7-12(2,13)14/h3-6H,7-8H2,1-2H3. The number of Topliss-reactive ketones (excluding diaryl/α,β-unsaturated/α-hetero) is 1. The van der Waals surface area contributed by atoms with Gasteiger partial charge in [0.2, 0.25) is 5.92 Å². The first-order valence-corrected chi connectivity index (χ1v) is 5.99. The first kappa shape index (κ1) is 13.2. The summed E-state index contributed by atoms with van der Waals surface area (Å²) in [6, 6.07) is 7.08. The second-order valence-electron chi connectivity index (χ2n) is 3.72. The summed E-state index contributed by atoms with van der Waals surface area (Å²) in [6.45, 7) is 2.39. The van der Waals surface area contributed by atoms with Crippen LogP contribution in [0.15, 0.2) is 29.2 Å². The van der Waals surface area contributed by atoms with Crippen LogP contribution >= 0.6 is 11.8 Å². The molecule has 88 valence electrons. The first-order valence-electron chi connectivity index (χ1n) is 5.01. The Morgan fingerprint density at radius 3 is 2.56 bits per heavy atom. The first-order chi connectivity index (χ1) is 7.40. The van der Waals surface area contributed by atoms with E-state index in [0.29, 0.717) is 11.3 Å². The third-order valence-electron chi connectivity index (χ3n) is 2.06. The fourth-order valence-corrected chi connectivity index (χ4v) is 2.45. The summed E-state index contributed by atoms with van der Waals surface area (Å²) in [4.78, 5) is 12.0. The van der Waals surface area contributed by atoms with Crippen LogP contribution in [0.5, 0.6) is 0 Å². The lowest BCUT2D eigenvalue weighted by Gasteiger charge is -2.10. The Balaban J connectivity index is 2.64. The SMILES string of the molecule is CC(=O)c1ccccc1SCCC(C)(F)F. The van der Waals surface area contributed by atoms with Crippen LogP contribution in [0, 0.1) is 0 Å². The van der Waals surface area contributed by atoms with E-state index in [4.69, 9.17) is 0 Å². The highest BCUT2D eigenvalue weighted by atomic mass is 32.2. The lowest BCUT2D eigenvalue weighted by atomic mass is 10.1. The average molecular weight is 244 g/mol. The molecule has 0 aliphatic carbocycles. The molecule has 1 aromatic carbocycles. The van der Waals surface area contributed by atoms with Crippen molar-refractivity contribution >= 4 is 17.5 Å². The smallest absolute Gasteiger partial charge is 0.246 e. The molecule has 4 heteroatoms. The molecule has 0 spiro atoms. The van der Waals surface area contributed by atoms with Crippen LogP contribution in [-0.4, -0.2) is 17.5 Å². The highest BCUT2D eigenvalue weighted by Crippen LogP contribution is 2.27. The number of carbonyl (C=O) groups excluding carboxylic acids is 1. The van der Waals surface area contributed by atoms with Crippen molar-refractivity contribution < 1.29 is 13.6 Å². The van der Waals surface area contributed by atoms with Gasteiger partial charge in [-0.2, -0.15) is 0 Å². The van der Waals surface area contributed by atoms with E-state index in [1.807, 2.05) is 0 Å². The van der Waals surface area contributed by atoms with Gasteiger partial charge in [-0.15, -0.1) is 11.8 Å². The molecule has 1 rings (SSSR count). The quantitative estimate of drug-likeness (QED) is 0.574. The van der Waals surface area contributed by atoms with Crippen molar-refractivity contribution in [1.82, 2.24) is 0 Å². The molecule has 0 radical (unpaired) electrons. The highest BCUT2D eigenvalue weighted by Gasteiger charge is 2.20. The number of alkyl halides is 2. The summed E-state index contributed by atoms with van der Waals surface area (Å²) >= 11 is 1.30. The maximum Gasteiger partial charge on any atom is 0.246 e. The van der Waals surface area contributed by atoms with Gasteiger partial charge in [-0.05, 0) is 19.9 Å². The zero-order chi connectivity index (χ0) is 12.2. The minimum atomic E-state index is -2.64. The number of carbonyl (C=O) groups is 1. The minimum absolute atomic E-state index is 0.0358. The monoisotopic (exact) mass is 244 g/mol. The van der Waals surface area contributed by atoms with Gasteiger partial charge in [-0.1, -0.05) is 18.2 Å². The Kier molecular flexibility index (Phi) is 4.47. The Hall–Kier alpha value is -0.900. The molecule has 0 aliphatic rings. The van der Waals surface area contributed by atoms with Crippen LogP contribution in [0.3, 0.4) is 0 Å². The number of rotatable bonds is 5. The van der Waals surface area contributed by atoms with Gasteiger partial charge in [0.1, 0.15) is 0 Å². The Morgan fingerprint density at radius 1 is 1.38 bits per heavy atom. The molecule has 0 heterocycles. The maximum atomic E-state index is 12.6. The summed E-state index contributed by atoms with van der Waals surface area (Å²) in [7, 11) is 0. The number of ketones is 1. The highest BCUT2D eigenvalue weighted by molar-refractivity contribution is 7.99. The number of thioether (sulfide) groups is 1. The Bertz CT molecular complexity index is 372. The van der Waals surface area contributed by atoms with Crippen molar-refractivity contribution in [2.45, 2.75) is 31.1 Å². The molecule has 0 saturated heterocycles. The minimum Gasteiger partial charge on any atom is -0.294 e. The number of halogens is 2. The van der Waals surface area contributed by atoms with Gasteiger partial charge in [0.05, 0.1) is 0 Å². The number of hydrogen-bond donors (Lipinski definition) is 0. The van der Waals surface area contributed by atoms with E-state index in [1.165, 1.54) is 18.7 Å². The van der Waals surface area contributed by atoms with Gasteiger partial charge >= 0.3 is 0 Å². The molecular formula is C12H14F2OS. The van der Waals surface area contributed by atoms with Crippen LogP contribution in [0.2, 0.25) is 0 Å². The lowest BCUT2D eigenvalue weighted by molar-refractivity contribution is 0.0194. The molecule has 0 atom stereocenters. The van der Waals surface area contributed by atoms with Gasteiger partial charge in [-0.3, -0.25) is 4.79 Å². The van der Waals surface area contributed by atoms with Crippen LogP contribution in [0.1, 0.15) is 30.6 Å². The summed E-state index contributed by atoms with van der Waals surface area (Å²) < 4.78 is 25.2. The maximum absolute atomic E-state index is 12.6. The van der Waals surface area contributed by atoms with Gasteiger partial charge in [0.15, 0.2) is 5.78 Å². The van der Waals surface area contributed by atoms with Crippen molar-refractivity contribution in [3.63, 3.8) is 0 Å². The number of hydrogen-bond acceptors (Lipinski definition) is 2. The van der Waals surface area contributed by atoms with E-state index in [-0.39, 0.29) is 12.2 Å². The molecule has 0 N–H and O–H groups in total. The van der Waals surface area contributed by atoms with Crippen molar-refractivity contribution in [2.24, 2.45) is 0 Å². The van der Waals surface area contributed by atoms with E-state index < -0.39 is 5.92 Å². The third-order valence-corrected chi connectivity index (χ3v) is 3.14. The molecule has 0 aliphatic heterocycles. The van der Waals surface area contributed by atoms with E-state index in [9.17, 15) is 13.6 Å². The van der Waals surface area contributed by atoms with Gasteiger partial charge < -0.3 is 0 Å². The average Bonchev–Trinajstić information content (AvgIpc) is 2.16. The van der Waals surface area contributed by atoms with Crippen LogP contribution in [0.25, 0.3) is 0 Å². The van der Waals surface area contributed by atoms with E-state index in [2.05, 4.69) is 0 Å². The Labute approximate surface area is 98.2 Å². The molecule has 1 aromatic rings. The van der Waals surface area contributed by atoms with Crippen LogP contribution in [-0.2, 0) is 0 Å². The lowest BCUT2D eigenvalue weighted by Crippen LogP contribution is -2.10. The molecule has 16 heavy (non-hydrogen) atoms. The fourth-order valence-electron chi connectivity index (χ4n) is 1.22. The van der Waals surface area contributed by atoms with Gasteiger partial charge in [0, 0.05) is 22.6 Å². The molecule has 0 saturated carbocycles. The molecule has 1 nitrogen and oxygen atoms in total. The summed E-state index contributed by atoms with van der Waals surface area (Å²) in [5.41, 5.74) is 0.604. The van der Waals surface area contributed by atoms with Crippen molar-refractivity contribution in [2.75, 3.05) is 5.75 Å². The zero-order valence-electron chi connectivity index (χ0n) is 9.30. The molecule has 0 unspecified atom stereocenters. The van der Waals surface area contributed by atoms with Crippen LogP contribution in [0.4, 0.5) is 8.78 Å². The van der Waals surface area contributed by atoms with Crippen LogP contribution < -0.4 is 0 Å². The van der Waals surface area contributed by atoms with E-state index in [1.54, 1.807) is 24.3 Å².